The molecule has 0 atom stereocenters. The molecule has 0 N–H and O–H groups in total. The van der Waals surface area contributed by atoms with E-state index in [1.54, 1.807) is 6.92 Å². The predicted octanol–water partition coefficient (Wildman–Crippen LogP) is 0.726. The van der Waals surface area contributed by atoms with Gasteiger partial charge in [-0.2, -0.15) is 0 Å². The molecule has 0 aromatic rings. The standard InChI is InChI=1S/C9H14O4/c1-7(2)9(10)13-6-12-5-8-3-11-4-8/h8H,1,3-6H2,2H3. The van der Waals surface area contributed by atoms with Crippen molar-refractivity contribution in [1.82, 2.24) is 0 Å². The molecule has 13 heavy (non-hydrogen) atoms. The molecule has 0 amide bonds. The Bertz CT molecular complexity index is 196. The van der Waals surface area contributed by atoms with Crippen molar-refractivity contribution in [3.8, 4) is 0 Å². The molecule has 0 bridgehead atoms. The van der Waals surface area contributed by atoms with Crippen LogP contribution in [0.5, 0.6) is 0 Å². The maximum atomic E-state index is 10.8. The lowest BCUT2D eigenvalue weighted by Gasteiger charge is -2.25. The van der Waals surface area contributed by atoms with E-state index in [-0.39, 0.29) is 6.79 Å². The zero-order valence-electron chi connectivity index (χ0n) is 7.75. The molecule has 0 aromatic carbocycles. The Kier molecular flexibility index (Phi) is 3.92. The van der Waals surface area contributed by atoms with Crippen LogP contribution in [-0.2, 0) is 19.0 Å². The lowest BCUT2D eigenvalue weighted by Crippen LogP contribution is -2.32. The molecular weight excluding hydrogens is 172 g/mol. The molecule has 1 aliphatic rings. The molecule has 1 fully saturated rings. The summed E-state index contributed by atoms with van der Waals surface area (Å²) in [5.74, 6) is 0.0494. The number of ether oxygens (including phenoxy) is 3. The molecule has 1 rings (SSSR count). The topological polar surface area (TPSA) is 44.8 Å². The Morgan fingerprint density at radius 1 is 1.62 bits per heavy atom. The lowest BCUT2D eigenvalue weighted by atomic mass is 10.1. The fourth-order valence-electron chi connectivity index (χ4n) is 0.814. The van der Waals surface area contributed by atoms with Crippen molar-refractivity contribution < 1.29 is 19.0 Å². The van der Waals surface area contributed by atoms with Crippen molar-refractivity contribution >= 4 is 5.97 Å². The first kappa shape index (κ1) is 10.2. The summed E-state index contributed by atoms with van der Waals surface area (Å²) >= 11 is 0. The first-order valence-electron chi connectivity index (χ1n) is 4.18. The maximum absolute atomic E-state index is 10.8. The minimum Gasteiger partial charge on any atom is -0.435 e. The van der Waals surface area contributed by atoms with Gasteiger partial charge in [-0.15, -0.1) is 0 Å². The highest BCUT2D eigenvalue weighted by Gasteiger charge is 2.18. The van der Waals surface area contributed by atoms with Gasteiger partial charge in [0, 0.05) is 11.5 Å². The molecular formula is C9H14O4. The van der Waals surface area contributed by atoms with Crippen molar-refractivity contribution in [1.29, 1.82) is 0 Å². The van der Waals surface area contributed by atoms with Crippen LogP contribution in [0.3, 0.4) is 0 Å². The van der Waals surface area contributed by atoms with Crippen molar-refractivity contribution in [2.75, 3.05) is 26.6 Å². The smallest absolute Gasteiger partial charge is 0.335 e. The predicted molar refractivity (Wildman–Crippen MR) is 46.0 cm³/mol. The first-order valence-corrected chi connectivity index (χ1v) is 4.18. The number of carbonyl (C=O) groups excluding carboxylic acids is 1. The Balaban J connectivity index is 1.94. The average molecular weight is 186 g/mol. The first-order chi connectivity index (χ1) is 6.20. The van der Waals surface area contributed by atoms with Crippen LogP contribution in [0.2, 0.25) is 0 Å². The van der Waals surface area contributed by atoms with Gasteiger partial charge in [0.25, 0.3) is 0 Å². The van der Waals surface area contributed by atoms with Gasteiger partial charge >= 0.3 is 5.97 Å². The molecule has 74 valence electrons. The highest BCUT2D eigenvalue weighted by atomic mass is 16.7. The third kappa shape index (κ3) is 3.57. The maximum Gasteiger partial charge on any atom is 0.335 e. The molecule has 1 saturated heterocycles. The van der Waals surface area contributed by atoms with E-state index in [4.69, 9.17) is 14.2 Å². The lowest BCUT2D eigenvalue weighted by molar-refractivity contribution is -0.157. The Labute approximate surface area is 77.5 Å². The summed E-state index contributed by atoms with van der Waals surface area (Å²) in [7, 11) is 0. The van der Waals surface area contributed by atoms with Gasteiger partial charge < -0.3 is 14.2 Å². The van der Waals surface area contributed by atoms with Crippen molar-refractivity contribution in [3.63, 3.8) is 0 Å². The molecule has 1 aliphatic heterocycles. The van der Waals surface area contributed by atoms with Crippen LogP contribution < -0.4 is 0 Å². The Hall–Kier alpha value is -0.870. The van der Waals surface area contributed by atoms with Crippen LogP contribution in [0.4, 0.5) is 0 Å². The zero-order chi connectivity index (χ0) is 9.68. The van der Waals surface area contributed by atoms with Crippen LogP contribution in [0, 0.1) is 5.92 Å². The largest absolute Gasteiger partial charge is 0.435 e. The highest BCUT2D eigenvalue weighted by Crippen LogP contribution is 2.09. The summed E-state index contributed by atoms with van der Waals surface area (Å²) in [6.07, 6.45) is 0. The van der Waals surface area contributed by atoms with Gasteiger partial charge in [-0.25, -0.2) is 4.79 Å². The molecule has 0 saturated carbocycles. The van der Waals surface area contributed by atoms with Crippen molar-refractivity contribution in [2.45, 2.75) is 6.92 Å². The van der Waals surface area contributed by atoms with E-state index in [1.165, 1.54) is 0 Å². The van der Waals surface area contributed by atoms with Gasteiger partial charge in [-0.05, 0) is 6.92 Å². The number of carbonyl (C=O) groups is 1. The fourth-order valence-corrected chi connectivity index (χ4v) is 0.814. The average Bonchev–Trinajstić information content (AvgIpc) is 2.00. The van der Waals surface area contributed by atoms with Gasteiger partial charge in [0.1, 0.15) is 0 Å². The summed E-state index contributed by atoms with van der Waals surface area (Å²) in [4.78, 5) is 10.8. The molecule has 0 aliphatic carbocycles. The van der Waals surface area contributed by atoms with Crippen LogP contribution in [0.15, 0.2) is 12.2 Å². The van der Waals surface area contributed by atoms with Crippen LogP contribution >= 0.6 is 0 Å². The van der Waals surface area contributed by atoms with E-state index in [0.717, 1.165) is 13.2 Å². The van der Waals surface area contributed by atoms with E-state index in [1.807, 2.05) is 0 Å². The second kappa shape index (κ2) is 4.99. The minimum atomic E-state index is -0.412. The molecule has 0 aromatic heterocycles. The van der Waals surface area contributed by atoms with E-state index >= 15 is 0 Å². The van der Waals surface area contributed by atoms with E-state index in [9.17, 15) is 4.79 Å². The number of hydrogen-bond donors (Lipinski definition) is 0. The molecule has 4 nitrogen and oxygen atoms in total. The monoisotopic (exact) mass is 186 g/mol. The Morgan fingerprint density at radius 2 is 2.31 bits per heavy atom. The number of rotatable bonds is 5. The minimum absolute atomic E-state index is 0.00218. The molecule has 4 heteroatoms. The quantitative estimate of drug-likeness (QED) is 0.275. The summed E-state index contributed by atoms with van der Waals surface area (Å²) in [6, 6.07) is 0. The van der Waals surface area contributed by atoms with E-state index in [2.05, 4.69) is 6.58 Å². The summed E-state index contributed by atoms with van der Waals surface area (Å²) < 4.78 is 14.8. The molecule has 1 heterocycles. The number of hydrogen-bond acceptors (Lipinski definition) is 4. The van der Waals surface area contributed by atoms with Crippen LogP contribution in [-0.4, -0.2) is 32.6 Å². The second-order valence-electron chi connectivity index (χ2n) is 3.10. The summed E-state index contributed by atoms with van der Waals surface area (Å²) in [6.45, 7) is 7.12. The number of esters is 1. The zero-order valence-corrected chi connectivity index (χ0v) is 7.75. The second-order valence-corrected chi connectivity index (χ2v) is 3.10. The van der Waals surface area contributed by atoms with E-state index < -0.39 is 5.97 Å². The van der Waals surface area contributed by atoms with Gasteiger partial charge in [-0.3, -0.25) is 0 Å². The van der Waals surface area contributed by atoms with Gasteiger partial charge in [0.15, 0.2) is 6.79 Å². The molecule has 0 unspecified atom stereocenters. The van der Waals surface area contributed by atoms with Gasteiger partial charge in [0.05, 0.1) is 19.8 Å². The molecule has 0 radical (unpaired) electrons. The summed E-state index contributed by atoms with van der Waals surface area (Å²) in [5, 5.41) is 0. The van der Waals surface area contributed by atoms with E-state index in [0.29, 0.717) is 18.1 Å². The van der Waals surface area contributed by atoms with Gasteiger partial charge in [-0.1, -0.05) is 6.58 Å². The van der Waals surface area contributed by atoms with Crippen LogP contribution in [0.1, 0.15) is 6.92 Å². The van der Waals surface area contributed by atoms with Crippen LogP contribution in [0.25, 0.3) is 0 Å². The highest BCUT2D eigenvalue weighted by molar-refractivity contribution is 5.86. The summed E-state index contributed by atoms with van der Waals surface area (Å²) in [5.41, 5.74) is 0.385. The fraction of sp³-hybridized carbons (Fsp3) is 0.667. The van der Waals surface area contributed by atoms with Crippen molar-refractivity contribution in [2.24, 2.45) is 5.92 Å². The molecule has 0 spiro atoms. The van der Waals surface area contributed by atoms with Gasteiger partial charge in [0.2, 0.25) is 0 Å². The third-order valence-corrected chi connectivity index (χ3v) is 1.68. The van der Waals surface area contributed by atoms with Crippen molar-refractivity contribution in [3.05, 3.63) is 12.2 Å². The SMILES string of the molecule is C=C(C)C(=O)OCOCC1COC1. The normalized spacial score (nSPS) is 16.4. The third-order valence-electron chi connectivity index (χ3n) is 1.68. The Morgan fingerprint density at radius 3 is 2.77 bits per heavy atom.